The number of halogens is 2. The Hall–Kier alpha value is -0.640. The molecule has 0 radical (unpaired) electrons. The molecule has 0 aliphatic heterocycles. The molecule has 1 unspecified atom stereocenters. The molecule has 0 spiro atoms. The van der Waals surface area contributed by atoms with E-state index in [4.69, 9.17) is 11.6 Å². The zero-order chi connectivity index (χ0) is 13.8. The van der Waals surface area contributed by atoms with Crippen molar-refractivity contribution in [3.63, 3.8) is 0 Å². The minimum absolute atomic E-state index is 0.191. The topological polar surface area (TPSA) is 15.3 Å². The van der Waals surface area contributed by atoms with Crippen LogP contribution in [0.25, 0.3) is 0 Å². The van der Waals surface area contributed by atoms with Crippen LogP contribution in [0.5, 0.6) is 0 Å². The molecule has 106 valence electrons. The van der Waals surface area contributed by atoms with Gasteiger partial charge in [0.25, 0.3) is 0 Å². The van der Waals surface area contributed by atoms with Crippen molar-refractivity contribution in [2.75, 3.05) is 19.6 Å². The summed E-state index contributed by atoms with van der Waals surface area (Å²) in [5, 5.41) is 3.66. The first-order valence-corrected chi connectivity index (χ1v) is 7.42. The van der Waals surface area contributed by atoms with Gasteiger partial charge in [0.2, 0.25) is 0 Å². The van der Waals surface area contributed by atoms with Gasteiger partial charge in [-0.2, -0.15) is 0 Å². The summed E-state index contributed by atoms with van der Waals surface area (Å²) >= 11 is 5.80. The molecule has 0 bridgehead atoms. The van der Waals surface area contributed by atoms with Crippen molar-refractivity contribution < 1.29 is 4.39 Å². The third kappa shape index (κ3) is 4.16. The Balaban J connectivity index is 1.79. The number of nitrogens with zero attached hydrogens (tertiary/aromatic N) is 1. The Bertz CT molecular complexity index is 421. The molecule has 1 N–H and O–H groups in total. The fourth-order valence-corrected chi connectivity index (χ4v) is 2.55. The summed E-state index contributed by atoms with van der Waals surface area (Å²) in [5.74, 6) is -0.358. The average molecular weight is 285 g/mol. The van der Waals surface area contributed by atoms with Gasteiger partial charge in [-0.3, -0.25) is 4.90 Å². The summed E-state index contributed by atoms with van der Waals surface area (Å²) in [4.78, 5) is 2.51. The van der Waals surface area contributed by atoms with Crippen LogP contribution < -0.4 is 5.32 Å². The van der Waals surface area contributed by atoms with Crippen molar-refractivity contribution >= 4 is 11.6 Å². The number of hydrogen-bond acceptors (Lipinski definition) is 2. The van der Waals surface area contributed by atoms with Crippen molar-refractivity contribution in [1.29, 1.82) is 0 Å². The van der Waals surface area contributed by atoms with Crippen LogP contribution in [0.4, 0.5) is 4.39 Å². The highest BCUT2D eigenvalue weighted by Gasteiger charge is 2.27. The summed E-state index contributed by atoms with van der Waals surface area (Å²) in [6, 6.07) is 5.92. The van der Waals surface area contributed by atoms with Crippen LogP contribution in [0.3, 0.4) is 0 Å². The summed E-state index contributed by atoms with van der Waals surface area (Å²) in [6.07, 6.45) is 2.69. The van der Waals surface area contributed by atoms with E-state index in [2.05, 4.69) is 24.1 Å². The first-order valence-electron chi connectivity index (χ1n) is 7.04. The lowest BCUT2D eigenvalue weighted by molar-refractivity contribution is 0.273. The molecule has 1 saturated carbocycles. The Labute approximate surface area is 119 Å². The minimum atomic E-state index is -0.358. The summed E-state index contributed by atoms with van der Waals surface area (Å²) in [5.41, 5.74) is 1.03. The molecule has 0 aromatic heterocycles. The summed E-state index contributed by atoms with van der Waals surface area (Å²) in [7, 11) is 0. The number of nitrogens with one attached hydrogen (secondary N) is 1. The van der Waals surface area contributed by atoms with E-state index in [1.807, 2.05) is 0 Å². The zero-order valence-electron chi connectivity index (χ0n) is 11.6. The second-order valence-electron chi connectivity index (χ2n) is 5.21. The van der Waals surface area contributed by atoms with Crippen LogP contribution in [0.1, 0.15) is 38.3 Å². The molecule has 2 nitrogen and oxygen atoms in total. The lowest BCUT2D eigenvalue weighted by Gasteiger charge is -2.22. The van der Waals surface area contributed by atoms with Gasteiger partial charge in [0.1, 0.15) is 5.82 Å². The Morgan fingerprint density at radius 2 is 2.21 bits per heavy atom. The van der Waals surface area contributed by atoms with E-state index < -0.39 is 0 Å². The van der Waals surface area contributed by atoms with E-state index in [-0.39, 0.29) is 16.9 Å². The number of rotatable bonds is 7. The average Bonchev–Trinajstić information content (AvgIpc) is 3.22. The highest BCUT2D eigenvalue weighted by Crippen LogP contribution is 2.26. The normalized spacial score (nSPS) is 16.9. The summed E-state index contributed by atoms with van der Waals surface area (Å²) in [6.45, 7) is 7.42. The molecule has 1 aromatic carbocycles. The SMILES string of the molecule is CCN(CCNC(C)c1ccc(F)c(Cl)c1)C1CC1. The molecule has 1 aromatic rings. The van der Waals surface area contributed by atoms with E-state index in [1.165, 1.54) is 18.9 Å². The Kier molecular flexibility index (Phi) is 5.20. The maximum atomic E-state index is 13.1. The third-order valence-electron chi connectivity index (χ3n) is 3.76. The van der Waals surface area contributed by atoms with Crippen LogP contribution in [-0.2, 0) is 0 Å². The molecule has 19 heavy (non-hydrogen) atoms. The van der Waals surface area contributed by atoms with E-state index in [0.717, 1.165) is 31.2 Å². The molecule has 1 atom stereocenters. The largest absolute Gasteiger partial charge is 0.309 e. The van der Waals surface area contributed by atoms with E-state index in [1.54, 1.807) is 12.1 Å². The van der Waals surface area contributed by atoms with Gasteiger partial charge >= 0.3 is 0 Å². The van der Waals surface area contributed by atoms with Gasteiger partial charge in [-0.1, -0.05) is 24.6 Å². The van der Waals surface area contributed by atoms with Crippen molar-refractivity contribution in [2.24, 2.45) is 0 Å². The molecule has 0 amide bonds. The van der Waals surface area contributed by atoms with Crippen LogP contribution in [0.15, 0.2) is 18.2 Å². The second kappa shape index (κ2) is 6.69. The lowest BCUT2D eigenvalue weighted by atomic mass is 10.1. The van der Waals surface area contributed by atoms with Gasteiger partial charge < -0.3 is 5.32 Å². The molecular weight excluding hydrogens is 263 g/mol. The van der Waals surface area contributed by atoms with Crippen molar-refractivity contribution in [1.82, 2.24) is 10.2 Å². The highest BCUT2D eigenvalue weighted by atomic mass is 35.5. The van der Waals surface area contributed by atoms with Crippen LogP contribution in [0, 0.1) is 5.82 Å². The molecule has 0 saturated heterocycles. The van der Waals surface area contributed by atoms with Gasteiger partial charge in [-0.25, -0.2) is 4.39 Å². The van der Waals surface area contributed by atoms with Gasteiger partial charge in [0, 0.05) is 25.2 Å². The molecular formula is C15H22ClFN2. The van der Waals surface area contributed by atoms with Gasteiger partial charge in [0.15, 0.2) is 0 Å². The van der Waals surface area contributed by atoms with Crippen LogP contribution in [-0.4, -0.2) is 30.6 Å². The monoisotopic (exact) mass is 284 g/mol. The Morgan fingerprint density at radius 3 is 2.79 bits per heavy atom. The molecule has 4 heteroatoms. The van der Waals surface area contributed by atoms with Crippen molar-refractivity contribution in [2.45, 2.75) is 38.8 Å². The number of hydrogen-bond donors (Lipinski definition) is 1. The first-order chi connectivity index (χ1) is 9.11. The standard InChI is InChI=1S/C15H22ClFN2/c1-3-19(13-5-6-13)9-8-18-11(2)12-4-7-15(17)14(16)10-12/h4,7,10-11,13,18H,3,5-6,8-9H2,1-2H3. The predicted molar refractivity (Wildman–Crippen MR) is 78.1 cm³/mol. The minimum Gasteiger partial charge on any atom is -0.309 e. The van der Waals surface area contributed by atoms with Crippen molar-refractivity contribution in [3.8, 4) is 0 Å². The van der Waals surface area contributed by atoms with Gasteiger partial charge in [-0.05, 0) is 44.0 Å². The fraction of sp³-hybridized carbons (Fsp3) is 0.600. The summed E-state index contributed by atoms with van der Waals surface area (Å²) < 4.78 is 13.1. The maximum Gasteiger partial charge on any atom is 0.141 e. The van der Waals surface area contributed by atoms with E-state index in [0.29, 0.717) is 0 Å². The van der Waals surface area contributed by atoms with Crippen molar-refractivity contribution in [3.05, 3.63) is 34.6 Å². The van der Waals surface area contributed by atoms with Gasteiger partial charge in [0.05, 0.1) is 5.02 Å². The zero-order valence-corrected chi connectivity index (χ0v) is 12.4. The Morgan fingerprint density at radius 1 is 1.47 bits per heavy atom. The highest BCUT2D eigenvalue weighted by molar-refractivity contribution is 6.30. The quantitative estimate of drug-likeness (QED) is 0.823. The van der Waals surface area contributed by atoms with Crippen LogP contribution in [0.2, 0.25) is 5.02 Å². The van der Waals surface area contributed by atoms with Crippen LogP contribution >= 0.6 is 11.6 Å². The lowest BCUT2D eigenvalue weighted by Crippen LogP contribution is -2.34. The molecule has 1 aliphatic rings. The molecule has 0 heterocycles. The number of benzene rings is 1. The molecule has 2 rings (SSSR count). The van der Waals surface area contributed by atoms with E-state index in [9.17, 15) is 4.39 Å². The van der Waals surface area contributed by atoms with Gasteiger partial charge in [-0.15, -0.1) is 0 Å². The molecule has 1 aliphatic carbocycles. The third-order valence-corrected chi connectivity index (χ3v) is 4.05. The van der Waals surface area contributed by atoms with E-state index >= 15 is 0 Å². The number of likely N-dealkylation sites (N-methyl/N-ethyl adjacent to an activating group) is 1. The fourth-order valence-electron chi connectivity index (χ4n) is 2.36. The first kappa shape index (κ1) is 14.8. The molecule has 1 fully saturated rings. The maximum absolute atomic E-state index is 13.1. The second-order valence-corrected chi connectivity index (χ2v) is 5.62. The predicted octanol–water partition coefficient (Wildman–Crippen LogP) is 3.61. The smallest absolute Gasteiger partial charge is 0.141 e.